The highest BCUT2D eigenvalue weighted by atomic mass is 19.1. The number of para-hydroxylation sites is 2. The summed E-state index contributed by atoms with van der Waals surface area (Å²) in [6.45, 7) is 4.77. The Morgan fingerprint density at radius 3 is 2.74 bits per heavy atom. The normalized spacial score (nSPS) is 13.6. The van der Waals surface area contributed by atoms with Crippen molar-refractivity contribution in [2.75, 3.05) is 36.0 Å². The SMILES string of the molecule is CCN(CCCNC(=O)N1CCCCc2ccccc21)c1ccccc1F. The Bertz CT molecular complexity index is 765. The molecule has 27 heavy (non-hydrogen) atoms. The molecule has 2 aromatic carbocycles. The molecule has 0 spiro atoms. The van der Waals surface area contributed by atoms with Crippen LogP contribution in [-0.4, -0.2) is 32.2 Å². The Hall–Kier alpha value is -2.56. The molecule has 144 valence electrons. The summed E-state index contributed by atoms with van der Waals surface area (Å²) in [5.41, 5.74) is 2.88. The number of hydrogen-bond acceptors (Lipinski definition) is 2. The summed E-state index contributed by atoms with van der Waals surface area (Å²) in [6.07, 6.45) is 3.91. The van der Waals surface area contributed by atoms with Gasteiger partial charge in [-0.1, -0.05) is 30.3 Å². The summed E-state index contributed by atoms with van der Waals surface area (Å²) in [7, 11) is 0. The molecule has 0 atom stereocenters. The quantitative estimate of drug-likeness (QED) is 0.756. The topological polar surface area (TPSA) is 35.6 Å². The van der Waals surface area contributed by atoms with Crippen LogP contribution < -0.4 is 15.1 Å². The Kier molecular flexibility index (Phi) is 6.69. The van der Waals surface area contributed by atoms with E-state index in [1.165, 1.54) is 11.6 Å². The molecule has 1 heterocycles. The average molecular weight is 369 g/mol. The van der Waals surface area contributed by atoms with Crippen LogP contribution >= 0.6 is 0 Å². The standard InChI is InChI=1S/C22H28FN3O/c1-2-25(21-14-6-4-12-19(21)23)16-9-15-24-22(27)26-17-8-7-11-18-10-3-5-13-20(18)26/h3-6,10,12-14H,2,7-9,11,15-17H2,1H3,(H,24,27). The number of nitrogens with one attached hydrogen (secondary N) is 1. The maximum Gasteiger partial charge on any atom is 0.321 e. The van der Waals surface area contributed by atoms with Crippen molar-refractivity contribution in [3.05, 3.63) is 59.9 Å². The van der Waals surface area contributed by atoms with Gasteiger partial charge >= 0.3 is 6.03 Å². The van der Waals surface area contributed by atoms with Crippen molar-refractivity contribution in [2.24, 2.45) is 0 Å². The lowest BCUT2D eigenvalue weighted by molar-refractivity contribution is 0.246. The number of anilines is 2. The van der Waals surface area contributed by atoms with E-state index in [2.05, 4.69) is 11.4 Å². The van der Waals surface area contributed by atoms with E-state index in [1.807, 2.05) is 41.0 Å². The second-order valence-corrected chi connectivity index (χ2v) is 6.85. The fraction of sp³-hybridized carbons (Fsp3) is 0.409. The molecule has 0 fully saturated rings. The van der Waals surface area contributed by atoms with Gasteiger partial charge in [0.2, 0.25) is 0 Å². The summed E-state index contributed by atoms with van der Waals surface area (Å²) >= 11 is 0. The second-order valence-electron chi connectivity index (χ2n) is 6.85. The molecule has 0 saturated heterocycles. The van der Waals surface area contributed by atoms with Crippen molar-refractivity contribution in [1.29, 1.82) is 0 Å². The van der Waals surface area contributed by atoms with Crippen LogP contribution in [0.25, 0.3) is 0 Å². The van der Waals surface area contributed by atoms with E-state index in [9.17, 15) is 9.18 Å². The van der Waals surface area contributed by atoms with Crippen LogP contribution in [0, 0.1) is 5.82 Å². The lowest BCUT2D eigenvalue weighted by Gasteiger charge is -2.25. The highest BCUT2D eigenvalue weighted by Gasteiger charge is 2.20. The third-order valence-electron chi connectivity index (χ3n) is 5.06. The molecule has 2 aromatic rings. The van der Waals surface area contributed by atoms with Crippen molar-refractivity contribution in [3.8, 4) is 0 Å². The van der Waals surface area contributed by atoms with Crippen LogP contribution in [0.3, 0.4) is 0 Å². The van der Waals surface area contributed by atoms with Crippen LogP contribution in [0.1, 0.15) is 31.7 Å². The first-order valence-corrected chi connectivity index (χ1v) is 9.83. The minimum atomic E-state index is -0.204. The highest BCUT2D eigenvalue weighted by molar-refractivity contribution is 5.92. The molecular formula is C22H28FN3O. The lowest BCUT2D eigenvalue weighted by Crippen LogP contribution is -2.41. The predicted octanol–water partition coefficient (Wildman–Crippen LogP) is 4.59. The number of halogens is 1. The Morgan fingerprint density at radius 2 is 1.93 bits per heavy atom. The average Bonchev–Trinajstić information content (AvgIpc) is 2.91. The largest absolute Gasteiger partial charge is 0.369 e. The zero-order valence-electron chi connectivity index (χ0n) is 16.0. The van der Waals surface area contributed by atoms with Gasteiger partial charge < -0.3 is 10.2 Å². The van der Waals surface area contributed by atoms with Gasteiger partial charge in [0.25, 0.3) is 0 Å². The summed E-state index contributed by atoms with van der Waals surface area (Å²) in [4.78, 5) is 16.6. The van der Waals surface area contributed by atoms with Crippen LogP contribution in [0.15, 0.2) is 48.5 Å². The van der Waals surface area contributed by atoms with Crippen molar-refractivity contribution in [1.82, 2.24) is 5.32 Å². The van der Waals surface area contributed by atoms with Gasteiger partial charge in [-0.25, -0.2) is 9.18 Å². The van der Waals surface area contributed by atoms with E-state index in [-0.39, 0.29) is 11.8 Å². The number of hydrogen-bond donors (Lipinski definition) is 1. The Morgan fingerprint density at radius 1 is 1.15 bits per heavy atom. The molecular weight excluding hydrogens is 341 g/mol. The fourth-order valence-corrected chi connectivity index (χ4v) is 3.62. The molecule has 4 nitrogen and oxygen atoms in total. The van der Waals surface area contributed by atoms with E-state index in [4.69, 9.17) is 0 Å². The summed E-state index contributed by atoms with van der Waals surface area (Å²) in [5, 5.41) is 3.03. The van der Waals surface area contributed by atoms with Gasteiger partial charge in [0.1, 0.15) is 5.82 Å². The first-order valence-electron chi connectivity index (χ1n) is 9.83. The molecule has 0 bridgehead atoms. The molecule has 1 aliphatic rings. The molecule has 2 amide bonds. The molecule has 0 aromatic heterocycles. The van der Waals surface area contributed by atoms with Crippen LogP contribution in [0.5, 0.6) is 0 Å². The number of fused-ring (bicyclic) bond motifs is 1. The van der Waals surface area contributed by atoms with Crippen molar-refractivity contribution in [2.45, 2.75) is 32.6 Å². The number of aryl methyl sites for hydroxylation is 1. The monoisotopic (exact) mass is 369 g/mol. The summed E-state index contributed by atoms with van der Waals surface area (Å²) < 4.78 is 14.0. The third kappa shape index (κ3) is 4.79. The van der Waals surface area contributed by atoms with Gasteiger partial charge in [0.05, 0.1) is 5.69 Å². The van der Waals surface area contributed by atoms with Crippen molar-refractivity contribution in [3.63, 3.8) is 0 Å². The van der Waals surface area contributed by atoms with Gasteiger partial charge in [0.15, 0.2) is 0 Å². The number of benzene rings is 2. The molecule has 0 radical (unpaired) electrons. The smallest absolute Gasteiger partial charge is 0.321 e. The van der Waals surface area contributed by atoms with Gasteiger partial charge in [-0.05, 0) is 56.4 Å². The number of amides is 2. The number of rotatable bonds is 6. The van der Waals surface area contributed by atoms with Crippen LogP contribution in [0.2, 0.25) is 0 Å². The number of nitrogens with zero attached hydrogens (tertiary/aromatic N) is 2. The van der Waals surface area contributed by atoms with Gasteiger partial charge in [-0.3, -0.25) is 4.90 Å². The molecule has 0 unspecified atom stereocenters. The maximum atomic E-state index is 14.0. The molecule has 0 aliphatic carbocycles. The summed E-state index contributed by atoms with van der Waals surface area (Å²) in [5.74, 6) is -0.204. The predicted molar refractivity (Wildman–Crippen MR) is 109 cm³/mol. The maximum absolute atomic E-state index is 14.0. The number of carbonyl (C=O) groups excluding carboxylic acids is 1. The first-order chi connectivity index (χ1) is 13.2. The van der Waals surface area contributed by atoms with E-state index in [0.29, 0.717) is 18.8 Å². The molecule has 1 N–H and O–H groups in total. The first kappa shape index (κ1) is 19.2. The van der Waals surface area contributed by atoms with E-state index in [1.54, 1.807) is 12.1 Å². The number of carbonyl (C=O) groups is 1. The third-order valence-corrected chi connectivity index (χ3v) is 5.06. The molecule has 0 saturated carbocycles. The minimum absolute atomic E-state index is 0.0432. The van der Waals surface area contributed by atoms with E-state index in [0.717, 1.165) is 44.5 Å². The van der Waals surface area contributed by atoms with Gasteiger partial charge in [-0.2, -0.15) is 0 Å². The van der Waals surface area contributed by atoms with E-state index < -0.39 is 0 Å². The van der Waals surface area contributed by atoms with Crippen molar-refractivity contribution >= 4 is 17.4 Å². The van der Waals surface area contributed by atoms with Crippen molar-refractivity contribution < 1.29 is 9.18 Å². The van der Waals surface area contributed by atoms with Crippen LogP contribution in [0.4, 0.5) is 20.6 Å². The zero-order chi connectivity index (χ0) is 19.1. The zero-order valence-corrected chi connectivity index (χ0v) is 16.0. The molecule has 5 heteroatoms. The van der Waals surface area contributed by atoms with Gasteiger partial charge in [-0.15, -0.1) is 0 Å². The molecule has 3 rings (SSSR count). The van der Waals surface area contributed by atoms with Gasteiger partial charge in [0, 0.05) is 31.9 Å². The molecule has 1 aliphatic heterocycles. The second kappa shape index (κ2) is 9.40. The minimum Gasteiger partial charge on any atom is -0.369 e. The Labute approximate surface area is 161 Å². The van der Waals surface area contributed by atoms with Crippen LogP contribution in [-0.2, 0) is 6.42 Å². The Balaban J connectivity index is 1.53. The summed E-state index contributed by atoms with van der Waals surface area (Å²) in [6, 6.07) is 14.9. The lowest BCUT2D eigenvalue weighted by atomic mass is 10.1. The number of urea groups is 1. The highest BCUT2D eigenvalue weighted by Crippen LogP contribution is 2.26. The van der Waals surface area contributed by atoms with E-state index >= 15 is 0 Å². The fourth-order valence-electron chi connectivity index (χ4n) is 3.62.